The Labute approximate surface area is 67.5 Å². The van der Waals surface area contributed by atoms with E-state index in [1.54, 1.807) is 6.92 Å². The molecule has 0 aliphatic rings. The molecular weight excluding hydrogens is 169 g/mol. The van der Waals surface area contributed by atoms with Crippen molar-refractivity contribution in [3.63, 3.8) is 0 Å². The van der Waals surface area contributed by atoms with Crippen LogP contribution in [0.4, 0.5) is 13.2 Å². The van der Waals surface area contributed by atoms with Gasteiger partial charge in [-0.3, -0.25) is 0 Å². The number of rotatable bonds is 0. The summed E-state index contributed by atoms with van der Waals surface area (Å²) in [5.74, 6) is -1.13. The molecule has 65 valence electrons. The number of hydrogen-bond acceptors (Lipinski definition) is 2. The van der Waals surface area contributed by atoms with Gasteiger partial charge in [0, 0.05) is 5.69 Å². The van der Waals surface area contributed by atoms with Crippen molar-refractivity contribution in [1.82, 2.24) is 9.97 Å². The Morgan fingerprint density at radius 1 is 1.25 bits per heavy atom. The number of alkyl halides is 3. The zero-order chi connectivity index (χ0) is 9.35. The maximum atomic E-state index is 12.0. The predicted molar refractivity (Wildman–Crippen MR) is 35.3 cm³/mol. The minimum Gasteiger partial charge on any atom is -0.229 e. The van der Waals surface area contributed by atoms with E-state index in [4.69, 9.17) is 0 Å². The molecule has 1 radical (unpaired) electrons. The van der Waals surface area contributed by atoms with E-state index in [2.05, 4.69) is 16.2 Å². The topological polar surface area (TPSA) is 25.8 Å². The Kier molecular flexibility index (Phi) is 2.04. The molecule has 0 aromatic carbocycles. The highest BCUT2D eigenvalue weighted by Crippen LogP contribution is 2.25. The second-order valence-corrected chi connectivity index (χ2v) is 2.37. The van der Waals surface area contributed by atoms with Crippen molar-refractivity contribution >= 4 is 0 Å². The summed E-state index contributed by atoms with van der Waals surface area (Å²) in [6.45, 7) is 3.10. The van der Waals surface area contributed by atoms with Crippen molar-refractivity contribution in [2.24, 2.45) is 0 Å². The Morgan fingerprint density at radius 2 is 1.83 bits per heavy atom. The van der Waals surface area contributed by atoms with Crippen molar-refractivity contribution < 1.29 is 13.2 Å². The maximum Gasteiger partial charge on any atom is 0.451 e. The lowest BCUT2D eigenvalue weighted by Gasteiger charge is -2.05. The van der Waals surface area contributed by atoms with Crippen LogP contribution in [0.2, 0.25) is 0 Å². The molecule has 0 aliphatic carbocycles. The highest BCUT2D eigenvalue weighted by Gasteiger charge is 2.34. The molecule has 0 spiro atoms. The molecule has 12 heavy (non-hydrogen) atoms. The molecule has 0 saturated heterocycles. The lowest BCUT2D eigenvalue weighted by Crippen LogP contribution is -2.12. The minimum absolute atomic E-state index is 0.303. The zero-order valence-corrected chi connectivity index (χ0v) is 6.53. The molecule has 1 rings (SSSR count). The summed E-state index contributed by atoms with van der Waals surface area (Å²) in [5.41, 5.74) is 0.834. The van der Waals surface area contributed by atoms with Gasteiger partial charge in [-0.05, 0) is 19.4 Å². The average molecular weight is 175 g/mol. The Hall–Kier alpha value is -1.13. The largest absolute Gasteiger partial charge is 0.451 e. The SMILES string of the molecule is Cc1[c]nc(C(F)(F)F)nc1C. The van der Waals surface area contributed by atoms with E-state index in [-0.39, 0.29) is 0 Å². The molecule has 0 atom stereocenters. The molecule has 1 aromatic rings. The molecule has 0 amide bonds. The van der Waals surface area contributed by atoms with Crippen LogP contribution in [-0.2, 0) is 6.18 Å². The van der Waals surface area contributed by atoms with Crippen LogP contribution in [0, 0.1) is 20.0 Å². The number of aryl methyl sites for hydroxylation is 2. The van der Waals surface area contributed by atoms with Gasteiger partial charge in [-0.1, -0.05) is 0 Å². The van der Waals surface area contributed by atoms with Crippen LogP contribution in [0.1, 0.15) is 17.1 Å². The lowest BCUT2D eigenvalue weighted by atomic mass is 10.3. The molecule has 0 unspecified atom stereocenters. The first-order valence-corrected chi connectivity index (χ1v) is 3.21. The van der Waals surface area contributed by atoms with Crippen molar-refractivity contribution in [3.05, 3.63) is 23.3 Å². The van der Waals surface area contributed by atoms with E-state index >= 15 is 0 Å². The molecule has 2 nitrogen and oxygen atoms in total. The van der Waals surface area contributed by atoms with Crippen LogP contribution in [0.3, 0.4) is 0 Å². The van der Waals surface area contributed by atoms with Gasteiger partial charge in [0.05, 0.1) is 6.20 Å². The van der Waals surface area contributed by atoms with E-state index in [0.29, 0.717) is 11.3 Å². The second-order valence-electron chi connectivity index (χ2n) is 2.37. The van der Waals surface area contributed by atoms with E-state index < -0.39 is 12.0 Å². The molecule has 0 N–H and O–H groups in total. The predicted octanol–water partition coefficient (Wildman–Crippen LogP) is 1.91. The molecular formula is C7H6F3N2. The fourth-order valence-electron chi connectivity index (χ4n) is 0.612. The first kappa shape index (κ1) is 8.96. The van der Waals surface area contributed by atoms with Gasteiger partial charge in [-0.15, -0.1) is 0 Å². The van der Waals surface area contributed by atoms with Crippen molar-refractivity contribution in [1.29, 1.82) is 0 Å². The lowest BCUT2D eigenvalue weighted by molar-refractivity contribution is -0.145. The number of nitrogens with zero attached hydrogens (tertiary/aromatic N) is 2. The molecule has 0 fully saturated rings. The summed E-state index contributed by atoms with van der Waals surface area (Å²) in [6.07, 6.45) is -2.24. The van der Waals surface area contributed by atoms with Gasteiger partial charge in [-0.2, -0.15) is 13.2 Å². The summed E-state index contributed by atoms with van der Waals surface area (Å²) < 4.78 is 35.9. The monoisotopic (exact) mass is 175 g/mol. The normalized spacial score (nSPS) is 11.8. The average Bonchev–Trinajstić information content (AvgIpc) is 1.92. The summed E-state index contributed by atoms with van der Waals surface area (Å²) >= 11 is 0. The Balaban J connectivity index is 3.14. The Morgan fingerprint density at radius 3 is 2.25 bits per heavy atom. The molecule has 1 heterocycles. The van der Waals surface area contributed by atoms with Crippen LogP contribution in [0.5, 0.6) is 0 Å². The smallest absolute Gasteiger partial charge is 0.229 e. The molecule has 0 saturated carbocycles. The fourth-order valence-corrected chi connectivity index (χ4v) is 0.612. The first-order chi connectivity index (χ1) is 5.41. The van der Waals surface area contributed by atoms with Crippen LogP contribution < -0.4 is 0 Å². The van der Waals surface area contributed by atoms with Crippen LogP contribution in [0.25, 0.3) is 0 Å². The first-order valence-electron chi connectivity index (χ1n) is 3.21. The van der Waals surface area contributed by atoms with Gasteiger partial charge in [0.1, 0.15) is 0 Å². The molecule has 1 aromatic heterocycles. The summed E-state index contributed by atoms with van der Waals surface area (Å²) in [7, 11) is 0. The van der Waals surface area contributed by atoms with E-state index in [1.165, 1.54) is 6.92 Å². The molecule has 0 bridgehead atoms. The molecule has 5 heteroatoms. The van der Waals surface area contributed by atoms with Gasteiger partial charge in [0.15, 0.2) is 0 Å². The van der Waals surface area contributed by atoms with Gasteiger partial charge in [0.25, 0.3) is 0 Å². The fraction of sp³-hybridized carbons (Fsp3) is 0.429. The highest BCUT2D eigenvalue weighted by atomic mass is 19.4. The van der Waals surface area contributed by atoms with Gasteiger partial charge in [-0.25, -0.2) is 9.97 Å². The van der Waals surface area contributed by atoms with Crippen molar-refractivity contribution in [2.75, 3.05) is 0 Å². The van der Waals surface area contributed by atoms with Crippen LogP contribution >= 0.6 is 0 Å². The minimum atomic E-state index is -4.48. The number of aromatic nitrogens is 2. The third-order valence-electron chi connectivity index (χ3n) is 1.40. The standard InChI is InChI=1S/C7H6F3N2/c1-4-3-11-6(7(8,9)10)12-5(4)2/h1-2H3. The highest BCUT2D eigenvalue weighted by molar-refractivity contribution is 5.13. The third-order valence-corrected chi connectivity index (χ3v) is 1.40. The van der Waals surface area contributed by atoms with Crippen molar-refractivity contribution in [2.45, 2.75) is 20.0 Å². The summed E-state index contributed by atoms with van der Waals surface area (Å²) in [5, 5.41) is 0. The summed E-state index contributed by atoms with van der Waals surface area (Å²) in [6, 6.07) is 0. The summed E-state index contributed by atoms with van der Waals surface area (Å²) in [4.78, 5) is 6.33. The van der Waals surface area contributed by atoms with Gasteiger partial charge < -0.3 is 0 Å². The van der Waals surface area contributed by atoms with Crippen LogP contribution in [-0.4, -0.2) is 9.97 Å². The van der Waals surface area contributed by atoms with Gasteiger partial charge >= 0.3 is 6.18 Å². The third kappa shape index (κ3) is 1.72. The van der Waals surface area contributed by atoms with E-state index in [9.17, 15) is 13.2 Å². The zero-order valence-electron chi connectivity index (χ0n) is 6.53. The number of hydrogen-bond donors (Lipinski definition) is 0. The molecule has 0 aliphatic heterocycles. The Bertz CT molecular complexity index is 293. The van der Waals surface area contributed by atoms with E-state index in [0.717, 1.165) is 0 Å². The second kappa shape index (κ2) is 2.73. The maximum absolute atomic E-state index is 12.0. The number of halogens is 3. The van der Waals surface area contributed by atoms with Crippen LogP contribution in [0.15, 0.2) is 0 Å². The van der Waals surface area contributed by atoms with Crippen molar-refractivity contribution in [3.8, 4) is 0 Å². The van der Waals surface area contributed by atoms with E-state index in [1.807, 2.05) is 0 Å². The quantitative estimate of drug-likeness (QED) is 0.601. The van der Waals surface area contributed by atoms with Gasteiger partial charge in [0.2, 0.25) is 5.82 Å².